The first-order chi connectivity index (χ1) is 40.2. The Kier molecular flexibility index (Phi) is 13.3. The summed E-state index contributed by atoms with van der Waals surface area (Å²) in [6.45, 7) is 0.00651. The number of carbonyl (C=O) groups excluding carboxylic acids is 2. The number of carbonyl (C=O) groups is 2. The smallest absolute Gasteiger partial charge is 0.169 e. The van der Waals surface area contributed by atoms with Crippen LogP contribution < -0.4 is 0 Å². The minimum absolute atomic E-state index is 0.00326. The molecule has 12 aliphatic carbocycles. The van der Waals surface area contributed by atoms with Gasteiger partial charge in [-0.2, -0.15) is 0 Å². The Morgan fingerprint density at radius 2 is 0.637 bits per heavy atom. The molecule has 8 saturated carbocycles. The molecule has 0 saturated heterocycles. The third-order valence-corrected chi connectivity index (χ3v) is 25.2. The summed E-state index contributed by atoms with van der Waals surface area (Å²) in [6.07, 6.45) is 27.7. The highest BCUT2D eigenvalue weighted by Crippen LogP contribution is 2.70. The lowest BCUT2D eigenvalue weighted by Crippen LogP contribution is -2.42. The van der Waals surface area contributed by atoms with Gasteiger partial charge in [0.1, 0.15) is 0 Å². The quantitative estimate of drug-likeness (QED) is 0.203. The molecule has 0 heterocycles. The molecule has 0 radical (unpaired) electrons. The molecule has 8 spiro atoms. The average Bonchev–Trinajstić information content (AvgIpc) is 2.66. The standard InChI is InChI=1S/2C18H21BrO.2C17H19BrO2/c2*1-12-15-9-14(19)4-3-13(15)10-18(12)6-5-16(20-2)17(11-18)7-8-17;2*1-20-14-4-5-17(10-16(14)6-7-16)9-11-2-3-12(18)8-13(11)15(17)19/h2*3-4,9,16H,1,5-8,10-11H2,2H3;2*2-3,8,14H,4-7,9-10H2,1H3/t2*16-,18+;2*14-,17+/m1010/s1/i2*1D2;;. The Hall–Kier alpha value is -2.54. The number of methoxy groups -OCH3 is 4. The molecule has 8 fully saturated rings. The number of benzene rings is 4. The van der Waals surface area contributed by atoms with Crippen LogP contribution in [-0.2, 0) is 44.6 Å². The van der Waals surface area contributed by atoms with Gasteiger partial charge in [0, 0.05) is 79.1 Å². The van der Waals surface area contributed by atoms with E-state index < -0.39 is 0 Å². The predicted octanol–water partition coefficient (Wildman–Crippen LogP) is 18.3. The first-order valence-electron chi connectivity index (χ1n) is 31.9. The van der Waals surface area contributed by atoms with E-state index in [9.17, 15) is 9.59 Å². The number of allylic oxidation sites excluding steroid dienone is 2. The van der Waals surface area contributed by atoms with Crippen LogP contribution in [-0.4, -0.2) is 64.4 Å². The fourth-order valence-corrected chi connectivity index (χ4v) is 20.0. The zero-order valence-electron chi connectivity index (χ0n) is 51.2. The van der Waals surface area contributed by atoms with Gasteiger partial charge in [0.2, 0.25) is 0 Å². The van der Waals surface area contributed by atoms with Gasteiger partial charge in [-0.15, -0.1) is 0 Å². The van der Waals surface area contributed by atoms with E-state index in [0.29, 0.717) is 57.6 Å². The van der Waals surface area contributed by atoms with E-state index >= 15 is 0 Å². The third-order valence-electron chi connectivity index (χ3n) is 23.2. The van der Waals surface area contributed by atoms with Crippen LogP contribution in [0, 0.1) is 43.3 Å². The molecule has 10 heteroatoms. The second-order valence-electron chi connectivity index (χ2n) is 27.7. The van der Waals surface area contributed by atoms with E-state index in [4.69, 9.17) is 24.4 Å². The summed E-state index contributed by atoms with van der Waals surface area (Å²) in [5.74, 6) is 0.768. The maximum Gasteiger partial charge on any atom is 0.169 e. The van der Waals surface area contributed by atoms with E-state index in [1.165, 1.54) is 73.6 Å². The van der Waals surface area contributed by atoms with Crippen LogP contribution in [0.1, 0.15) is 188 Å². The van der Waals surface area contributed by atoms with Gasteiger partial charge in [0.05, 0.1) is 29.9 Å². The molecule has 4 aromatic rings. The molecule has 12 aliphatic rings. The van der Waals surface area contributed by atoms with Crippen LogP contribution in [0.15, 0.2) is 104 Å². The Labute approximate surface area is 515 Å². The summed E-state index contributed by atoms with van der Waals surface area (Å²) >= 11 is 14.1. The Morgan fingerprint density at radius 1 is 0.388 bits per heavy atom. The second-order valence-corrected chi connectivity index (χ2v) is 31.3. The second kappa shape index (κ2) is 20.6. The molecule has 8 atom stereocenters. The van der Waals surface area contributed by atoms with Crippen LogP contribution in [0.3, 0.4) is 0 Å². The van der Waals surface area contributed by atoms with Crippen LogP contribution in [0.4, 0.5) is 0 Å². The minimum Gasteiger partial charge on any atom is -0.381 e. The Bertz CT molecular complexity index is 3170. The summed E-state index contributed by atoms with van der Waals surface area (Å²) in [4.78, 5) is 25.9. The summed E-state index contributed by atoms with van der Waals surface area (Å²) in [5, 5.41) is 0. The van der Waals surface area contributed by atoms with Crippen LogP contribution >= 0.6 is 63.7 Å². The molecular weight excluding hydrogens is 1260 g/mol. The number of rotatable bonds is 4. The number of Topliss-reactive ketones (excluding diaryl/α,β-unsaturated/α-hetero) is 2. The van der Waals surface area contributed by atoms with Crippen molar-refractivity contribution in [2.45, 2.75) is 179 Å². The lowest BCUT2D eigenvalue weighted by Gasteiger charge is -2.43. The van der Waals surface area contributed by atoms with Crippen molar-refractivity contribution in [2.24, 2.45) is 43.3 Å². The summed E-state index contributed by atoms with van der Waals surface area (Å²) in [5.41, 5.74) is 12.2. The molecular formula is C70H80Br4O6. The lowest BCUT2D eigenvalue weighted by molar-refractivity contribution is -0.0257. The molecule has 16 rings (SSSR count). The van der Waals surface area contributed by atoms with Gasteiger partial charge in [-0.25, -0.2) is 0 Å². The van der Waals surface area contributed by atoms with E-state index in [1.807, 2.05) is 40.6 Å². The zero-order valence-corrected chi connectivity index (χ0v) is 53.5. The maximum absolute atomic E-state index is 13.0. The van der Waals surface area contributed by atoms with Gasteiger partial charge >= 0.3 is 0 Å². The van der Waals surface area contributed by atoms with Gasteiger partial charge in [0.15, 0.2) is 11.6 Å². The fourth-order valence-electron chi connectivity index (χ4n) is 18.5. The van der Waals surface area contributed by atoms with Crippen molar-refractivity contribution in [1.29, 1.82) is 0 Å². The normalized spacial score (nSPS) is 34.3. The topological polar surface area (TPSA) is 71.1 Å². The predicted molar refractivity (Wildman–Crippen MR) is 333 cm³/mol. The molecule has 4 aromatic carbocycles. The number of hydrogen-bond acceptors (Lipinski definition) is 6. The largest absolute Gasteiger partial charge is 0.381 e. The molecule has 0 bridgehead atoms. The highest BCUT2D eigenvalue weighted by atomic mass is 79.9. The maximum atomic E-state index is 13.0. The number of hydrogen-bond donors (Lipinski definition) is 0. The van der Waals surface area contributed by atoms with Crippen LogP contribution in [0.2, 0.25) is 0 Å². The van der Waals surface area contributed by atoms with Crippen molar-refractivity contribution in [2.75, 3.05) is 28.4 Å². The fraction of sp³-hybridized carbons (Fsp3) is 0.571. The first-order valence-corrected chi connectivity index (χ1v) is 33.1. The van der Waals surface area contributed by atoms with Crippen molar-refractivity contribution in [3.63, 3.8) is 0 Å². The van der Waals surface area contributed by atoms with Crippen LogP contribution in [0.5, 0.6) is 0 Å². The number of ether oxygens (including phenoxy) is 4. The van der Waals surface area contributed by atoms with Gasteiger partial charge in [0.25, 0.3) is 0 Å². The Morgan fingerprint density at radius 3 is 0.912 bits per heavy atom. The van der Waals surface area contributed by atoms with Crippen molar-refractivity contribution in [1.82, 2.24) is 0 Å². The average molecular weight is 1340 g/mol. The van der Waals surface area contributed by atoms with Crippen molar-refractivity contribution in [3.8, 4) is 0 Å². The molecule has 0 aromatic heterocycles. The summed E-state index contributed by atoms with van der Waals surface area (Å²) in [6, 6.07) is 25.1. The van der Waals surface area contributed by atoms with Crippen molar-refractivity contribution < 1.29 is 34.0 Å². The van der Waals surface area contributed by atoms with E-state index in [-0.39, 0.29) is 34.7 Å². The number of fused-ring (bicyclic) bond motifs is 4. The number of ketones is 2. The molecule has 0 N–H and O–H groups in total. The highest BCUT2D eigenvalue weighted by molar-refractivity contribution is 9.11. The van der Waals surface area contributed by atoms with Gasteiger partial charge in [-0.05, 0) is 269 Å². The summed E-state index contributed by atoms with van der Waals surface area (Å²) < 4.78 is 59.3. The van der Waals surface area contributed by atoms with Crippen molar-refractivity contribution >= 4 is 86.4 Å². The molecule has 0 unspecified atom stereocenters. The SMILES string of the molecule is CO[C@@H]1CC[C@]2(Cc3ccc(Br)cc3C2=O)CC12CC2.CO[C@H]1CC[C@@]2(Cc3ccc(Br)cc3C2=O)CC12CC2.[2H]C([2H])=C1c2cc(Br)ccc2C[C@@]12CC[C@H](OC)C1(CC1)C2.[2H]C([2H])=C1c2cc(Br)ccc2C[C@]12CC[C@@H](OC)C1(CC1)C2. The molecule has 0 amide bonds. The van der Waals surface area contributed by atoms with E-state index in [2.05, 4.69) is 124 Å². The monoisotopic (exact) mass is 1340 g/mol. The minimum atomic E-state index is -0.130. The first kappa shape index (κ1) is 51.8. The molecule has 424 valence electrons. The Balaban J connectivity index is 0.000000105. The number of halogens is 4. The third kappa shape index (κ3) is 9.54. The van der Waals surface area contributed by atoms with Gasteiger partial charge in [-0.1, -0.05) is 101 Å². The lowest BCUT2D eigenvalue weighted by atomic mass is 9.63. The molecule has 80 heavy (non-hydrogen) atoms. The van der Waals surface area contributed by atoms with Gasteiger partial charge < -0.3 is 18.9 Å². The van der Waals surface area contributed by atoms with Crippen LogP contribution in [0.25, 0.3) is 11.1 Å². The highest BCUT2D eigenvalue weighted by Gasteiger charge is 2.64. The van der Waals surface area contributed by atoms with E-state index in [0.717, 1.165) is 154 Å². The molecule has 0 aliphatic heterocycles. The zero-order chi connectivity index (χ0) is 59.0. The summed E-state index contributed by atoms with van der Waals surface area (Å²) in [7, 11) is 7.32. The van der Waals surface area contributed by atoms with Crippen molar-refractivity contribution in [3.05, 3.63) is 148 Å². The van der Waals surface area contributed by atoms with E-state index in [1.54, 1.807) is 0 Å². The molecule has 6 nitrogen and oxygen atoms in total. The van der Waals surface area contributed by atoms with Gasteiger partial charge in [-0.3, -0.25) is 9.59 Å².